The van der Waals surface area contributed by atoms with Gasteiger partial charge in [-0.3, -0.25) is 4.79 Å². The van der Waals surface area contributed by atoms with Crippen LogP contribution in [0.5, 0.6) is 0 Å². The van der Waals surface area contributed by atoms with Gasteiger partial charge >= 0.3 is 0 Å². The summed E-state index contributed by atoms with van der Waals surface area (Å²) in [5.74, 6) is 0.163. The standard InChI is InChI=1S/C24H30N2O/c1-19(20-8-4-3-5-9-20)23(27)26-17-22-11-7-6-10-21(22)16-24(18-26)12-14-25(2)15-13-24/h3-11,19H,12-18H2,1-2H3/t19-/m0/s1. The first-order chi connectivity index (χ1) is 13.1. The van der Waals surface area contributed by atoms with E-state index in [9.17, 15) is 4.79 Å². The van der Waals surface area contributed by atoms with Gasteiger partial charge in [0.05, 0.1) is 5.92 Å². The maximum Gasteiger partial charge on any atom is 0.230 e. The molecule has 4 rings (SSSR count). The number of nitrogens with zero attached hydrogens (tertiary/aromatic N) is 2. The molecule has 1 atom stereocenters. The van der Waals surface area contributed by atoms with E-state index in [1.54, 1.807) is 0 Å². The second kappa shape index (κ2) is 7.47. The van der Waals surface area contributed by atoms with Crippen LogP contribution >= 0.6 is 0 Å². The SMILES string of the molecule is C[C@H](C(=O)N1Cc2ccccc2CC2(CCN(C)CC2)C1)c1ccccc1. The van der Waals surface area contributed by atoms with E-state index in [1.807, 2.05) is 18.2 Å². The number of hydrogen-bond acceptors (Lipinski definition) is 2. The Hall–Kier alpha value is -2.13. The van der Waals surface area contributed by atoms with Gasteiger partial charge in [0.25, 0.3) is 0 Å². The molecule has 142 valence electrons. The Morgan fingerprint density at radius 2 is 1.59 bits per heavy atom. The largest absolute Gasteiger partial charge is 0.337 e. The lowest BCUT2D eigenvalue weighted by Gasteiger charge is -2.42. The van der Waals surface area contributed by atoms with Gasteiger partial charge in [-0.05, 0) is 68.4 Å². The van der Waals surface area contributed by atoms with E-state index in [0.717, 1.165) is 38.2 Å². The third-order valence-corrected chi connectivity index (χ3v) is 6.60. The molecule has 1 spiro atoms. The smallest absolute Gasteiger partial charge is 0.230 e. The van der Waals surface area contributed by atoms with Gasteiger partial charge in [0.2, 0.25) is 5.91 Å². The molecule has 1 saturated heterocycles. The van der Waals surface area contributed by atoms with E-state index < -0.39 is 0 Å². The summed E-state index contributed by atoms with van der Waals surface area (Å²) in [6, 6.07) is 18.9. The van der Waals surface area contributed by atoms with Gasteiger partial charge in [0.15, 0.2) is 0 Å². The summed E-state index contributed by atoms with van der Waals surface area (Å²) in [5.41, 5.74) is 4.08. The highest BCUT2D eigenvalue weighted by Gasteiger charge is 2.40. The van der Waals surface area contributed by atoms with Crippen LogP contribution in [-0.4, -0.2) is 42.4 Å². The fourth-order valence-electron chi connectivity index (χ4n) is 4.75. The summed E-state index contributed by atoms with van der Waals surface area (Å²) < 4.78 is 0. The number of hydrogen-bond donors (Lipinski definition) is 0. The average molecular weight is 363 g/mol. The van der Waals surface area contributed by atoms with Gasteiger partial charge < -0.3 is 9.80 Å². The molecule has 3 nitrogen and oxygen atoms in total. The number of rotatable bonds is 2. The molecule has 0 bridgehead atoms. The van der Waals surface area contributed by atoms with Crippen molar-refractivity contribution < 1.29 is 4.79 Å². The van der Waals surface area contributed by atoms with Crippen molar-refractivity contribution in [1.29, 1.82) is 0 Å². The van der Waals surface area contributed by atoms with Gasteiger partial charge in [-0.15, -0.1) is 0 Å². The van der Waals surface area contributed by atoms with E-state index in [0.29, 0.717) is 0 Å². The Labute approximate surface area is 163 Å². The molecule has 27 heavy (non-hydrogen) atoms. The summed E-state index contributed by atoms with van der Waals surface area (Å²) in [7, 11) is 2.21. The van der Waals surface area contributed by atoms with Crippen LogP contribution in [0.2, 0.25) is 0 Å². The van der Waals surface area contributed by atoms with Crippen LogP contribution in [-0.2, 0) is 17.8 Å². The zero-order valence-corrected chi connectivity index (χ0v) is 16.5. The van der Waals surface area contributed by atoms with Crippen LogP contribution in [0.15, 0.2) is 54.6 Å². The molecule has 2 heterocycles. The van der Waals surface area contributed by atoms with Crippen molar-refractivity contribution in [3.8, 4) is 0 Å². The van der Waals surface area contributed by atoms with Crippen molar-refractivity contribution in [3.63, 3.8) is 0 Å². The van der Waals surface area contributed by atoms with Crippen LogP contribution in [0.25, 0.3) is 0 Å². The van der Waals surface area contributed by atoms with Crippen molar-refractivity contribution in [1.82, 2.24) is 9.80 Å². The maximum atomic E-state index is 13.5. The maximum absolute atomic E-state index is 13.5. The van der Waals surface area contributed by atoms with E-state index >= 15 is 0 Å². The molecular formula is C24H30N2O. The van der Waals surface area contributed by atoms with E-state index in [1.165, 1.54) is 24.0 Å². The fourth-order valence-corrected chi connectivity index (χ4v) is 4.75. The minimum atomic E-state index is -0.0974. The third kappa shape index (κ3) is 3.79. The summed E-state index contributed by atoms with van der Waals surface area (Å²) in [4.78, 5) is 18.0. The fraction of sp³-hybridized carbons (Fsp3) is 0.458. The molecule has 0 aliphatic carbocycles. The first-order valence-electron chi connectivity index (χ1n) is 10.2. The predicted molar refractivity (Wildman–Crippen MR) is 110 cm³/mol. The predicted octanol–water partition coefficient (Wildman–Crippen LogP) is 4.09. The highest BCUT2D eigenvalue weighted by atomic mass is 16.2. The summed E-state index contributed by atoms with van der Waals surface area (Å²) >= 11 is 0. The molecule has 2 aliphatic rings. The number of likely N-dealkylation sites (tertiary alicyclic amines) is 1. The van der Waals surface area contributed by atoms with Crippen LogP contribution in [0.1, 0.15) is 42.4 Å². The molecule has 2 aromatic rings. The van der Waals surface area contributed by atoms with Crippen LogP contribution in [0.3, 0.4) is 0 Å². The normalized spacial score (nSPS) is 20.7. The van der Waals surface area contributed by atoms with Gasteiger partial charge in [-0.1, -0.05) is 54.6 Å². The minimum Gasteiger partial charge on any atom is -0.337 e. The molecule has 0 aromatic heterocycles. The Morgan fingerprint density at radius 1 is 0.963 bits per heavy atom. The van der Waals surface area contributed by atoms with Gasteiger partial charge in [-0.25, -0.2) is 0 Å². The summed E-state index contributed by atoms with van der Waals surface area (Å²) in [5, 5.41) is 0. The molecule has 0 saturated carbocycles. The number of carbonyl (C=O) groups is 1. The van der Waals surface area contributed by atoms with Gasteiger partial charge in [0.1, 0.15) is 0 Å². The lowest BCUT2D eigenvalue weighted by Crippen LogP contribution is -2.47. The molecule has 3 heteroatoms. The third-order valence-electron chi connectivity index (χ3n) is 6.60. The van der Waals surface area contributed by atoms with Crippen molar-refractivity contribution >= 4 is 5.91 Å². The number of amides is 1. The summed E-state index contributed by atoms with van der Waals surface area (Å²) in [6.07, 6.45) is 3.43. The van der Waals surface area contributed by atoms with Crippen LogP contribution in [0, 0.1) is 5.41 Å². The highest BCUT2D eigenvalue weighted by Crippen LogP contribution is 2.40. The monoisotopic (exact) mass is 362 g/mol. The van der Waals surface area contributed by atoms with E-state index in [2.05, 4.69) is 60.2 Å². The molecular weight excluding hydrogens is 332 g/mol. The molecule has 0 radical (unpaired) electrons. The highest BCUT2D eigenvalue weighted by molar-refractivity contribution is 5.83. The molecule has 0 N–H and O–H groups in total. The second-order valence-electron chi connectivity index (χ2n) is 8.58. The average Bonchev–Trinajstić information content (AvgIpc) is 2.86. The lowest BCUT2D eigenvalue weighted by molar-refractivity contribution is -0.135. The second-order valence-corrected chi connectivity index (χ2v) is 8.58. The number of carbonyl (C=O) groups excluding carboxylic acids is 1. The van der Waals surface area contributed by atoms with E-state index in [-0.39, 0.29) is 17.2 Å². The molecule has 2 aliphatic heterocycles. The van der Waals surface area contributed by atoms with Crippen LogP contribution in [0.4, 0.5) is 0 Å². The van der Waals surface area contributed by atoms with Crippen molar-refractivity contribution in [2.24, 2.45) is 5.41 Å². The molecule has 1 fully saturated rings. The van der Waals surface area contributed by atoms with Crippen molar-refractivity contribution in [2.45, 2.75) is 38.6 Å². The van der Waals surface area contributed by atoms with Crippen molar-refractivity contribution in [2.75, 3.05) is 26.7 Å². The molecule has 1 amide bonds. The zero-order chi connectivity index (χ0) is 18.9. The first-order valence-corrected chi connectivity index (χ1v) is 10.2. The Morgan fingerprint density at radius 3 is 2.30 bits per heavy atom. The Kier molecular flexibility index (Phi) is 5.05. The topological polar surface area (TPSA) is 23.6 Å². The lowest BCUT2D eigenvalue weighted by atomic mass is 9.73. The Balaban J connectivity index is 1.64. The van der Waals surface area contributed by atoms with Gasteiger partial charge in [0, 0.05) is 13.1 Å². The van der Waals surface area contributed by atoms with Gasteiger partial charge in [-0.2, -0.15) is 0 Å². The van der Waals surface area contributed by atoms with E-state index in [4.69, 9.17) is 0 Å². The molecule has 2 aromatic carbocycles. The molecule has 0 unspecified atom stereocenters. The number of benzene rings is 2. The Bertz CT molecular complexity index is 793. The zero-order valence-electron chi connectivity index (χ0n) is 16.5. The summed E-state index contributed by atoms with van der Waals surface area (Å²) in [6.45, 7) is 5.92. The number of piperidine rings is 1. The minimum absolute atomic E-state index is 0.0974. The first kappa shape index (κ1) is 18.2. The quantitative estimate of drug-likeness (QED) is 0.803. The number of fused-ring (bicyclic) bond motifs is 1. The van der Waals surface area contributed by atoms with Crippen LogP contribution < -0.4 is 0 Å². The van der Waals surface area contributed by atoms with Crippen molar-refractivity contribution in [3.05, 3.63) is 71.3 Å².